The van der Waals surface area contributed by atoms with Gasteiger partial charge in [0, 0.05) is 6.54 Å². The average Bonchev–Trinajstić information content (AvgIpc) is 2.19. The van der Waals surface area contributed by atoms with E-state index in [1.54, 1.807) is 0 Å². The Morgan fingerprint density at radius 2 is 1.67 bits per heavy atom. The first-order valence-electron chi connectivity index (χ1n) is 5.83. The van der Waals surface area contributed by atoms with Crippen molar-refractivity contribution in [2.75, 3.05) is 32.7 Å². The second kappa shape index (κ2) is 7.04. The van der Waals surface area contributed by atoms with Gasteiger partial charge >= 0.3 is 51.4 Å². The van der Waals surface area contributed by atoms with E-state index >= 15 is 0 Å². The smallest absolute Gasteiger partial charge is 0.662 e. The molecule has 0 aromatic rings. The normalized spacial score (nSPS) is 27.0. The zero-order valence-electron chi connectivity index (χ0n) is 9.84. The number of nitrogens with zero attached hydrogens (tertiary/aromatic N) is 2. The van der Waals surface area contributed by atoms with Gasteiger partial charge in [-0.3, -0.25) is 0 Å². The van der Waals surface area contributed by atoms with Crippen LogP contribution in [-0.4, -0.2) is 43.3 Å². The molecule has 15 heavy (non-hydrogen) atoms. The van der Waals surface area contributed by atoms with E-state index in [9.17, 15) is 4.39 Å². The maximum atomic E-state index is 14.3. The van der Waals surface area contributed by atoms with Crippen molar-refractivity contribution in [3.63, 3.8) is 0 Å². The molecule has 2 fully saturated rings. The molecule has 0 radical (unpaired) electrons. The van der Waals surface area contributed by atoms with Crippen LogP contribution in [0, 0.1) is 0 Å². The molecule has 0 amide bonds. The van der Waals surface area contributed by atoms with Crippen molar-refractivity contribution < 1.29 is 55.8 Å². The summed E-state index contributed by atoms with van der Waals surface area (Å²) in [6.07, 6.45) is 5.11. The van der Waals surface area contributed by atoms with Crippen LogP contribution in [-0.2, 0) is 0 Å². The fourth-order valence-corrected chi connectivity index (χ4v) is 2.47. The Labute approximate surface area is 135 Å². The first-order chi connectivity index (χ1) is 6.79. The summed E-state index contributed by atoms with van der Waals surface area (Å²) in [5, 5.41) is 4.21. The first kappa shape index (κ1) is 14.5. The molecule has 0 unspecified atom stereocenters. The zero-order chi connectivity index (χ0) is 9.86. The maximum absolute atomic E-state index is 14.3. The van der Waals surface area contributed by atoms with Crippen molar-refractivity contribution in [2.24, 2.45) is 0 Å². The summed E-state index contributed by atoms with van der Waals surface area (Å²) in [6.45, 7) is 4.31. The molecule has 2 saturated heterocycles. The minimum atomic E-state index is -0.931. The number of halogens is 1. The third kappa shape index (κ3) is 4.70. The van der Waals surface area contributed by atoms with E-state index in [2.05, 4.69) is 10.2 Å². The predicted molar refractivity (Wildman–Crippen MR) is 56.5 cm³/mol. The van der Waals surface area contributed by atoms with Crippen LogP contribution in [0.3, 0.4) is 0 Å². The van der Waals surface area contributed by atoms with Crippen LogP contribution in [0.4, 0.5) is 4.39 Å². The molecule has 2 aliphatic rings. The standard InChI is InChI=1S/C11H20FN2.K/c12-11(4-6-13-7-5-11)10-14-8-2-1-3-9-14;/h1-10H2;/q-1;+1. The van der Waals surface area contributed by atoms with Gasteiger partial charge in [-0.25, -0.2) is 4.39 Å². The summed E-state index contributed by atoms with van der Waals surface area (Å²) in [4.78, 5) is 2.30. The van der Waals surface area contributed by atoms with Crippen LogP contribution in [0.1, 0.15) is 32.1 Å². The summed E-state index contributed by atoms with van der Waals surface area (Å²) in [5.74, 6) is 0. The van der Waals surface area contributed by atoms with Crippen LogP contribution in [0.5, 0.6) is 0 Å². The van der Waals surface area contributed by atoms with Crippen molar-refractivity contribution in [1.82, 2.24) is 4.90 Å². The first-order valence-corrected chi connectivity index (χ1v) is 5.83. The number of rotatable bonds is 2. The molecule has 2 aliphatic heterocycles. The van der Waals surface area contributed by atoms with Crippen molar-refractivity contribution >= 4 is 0 Å². The van der Waals surface area contributed by atoms with Gasteiger partial charge in [0.1, 0.15) is 5.67 Å². The Kier molecular flexibility index (Phi) is 6.83. The van der Waals surface area contributed by atoms with Gasteiger partial charge in [-0.1, -0.05) is 6.42 Å². The fourth-order valence-electron chi connectivity index (χ4n) is 2.47. The Morgan fingerprint density at radius 1 is 1.07 bits per heavy atom. The summed E-state index contributed by atoms with van der Waals surface area (Å²) in [6, 6.07) is 0. The number of alkyl halides is 1. The molecule has 0 aromatic carbocycles. The number of likely N-dealkylation sites (tertiary alicyclic amines) is 1. The Morgan fingerprint density at radius 3 is 2.27 bits per heavy atom. The van der Waals surface area contributed by atoms with Gasteiger partial charge in [0.15, 0.2) is 0 Å². The number of hydrogen-bond donors (Lipinski definition) is 0. The van der Waals surface area contributed by atoms with Gasteiger partial charge < -0.3 is 10.2 Å². The molecule has 2 nitrogen and oxygen atoms in total. The van der Waals surface area contributed by atoms with Gasteiger partial charge in [0.2, 0.25) is 0 Å². The molecule has 0 saturated carbocycles. The van der Waals surface area contributed by atoms with Crippen LogP contribution < -0.4 is 51.4 Å². The summed E-state index contributed by atoms with van der Waals surface area (Å²) in [5.41, 5.74) is -0.931. The van der Waals surface area contributed by atoms with Crippen molar-refractivity contribution in [3.05, 3.63) is 5.32 Å². The molecular weight excluding hydrogens is 218 g/mol. The topological polar surface area (TPSA) is 17.3 Å². The van der Waals surface area contributed by atoms with Crippen LogP contribution >= 0.6 is 0 Å². The van der Waals surface area contributed by atoms with Crippen LogP contribution in [0.15, 0.2) is 0 Å². The Hall–Kier alpha value is 1.49. The minimum Gasteiger partial charge on any atom is -0.662 e. The molecule has 0 aromatic heterocycles. The van der Waals surface area contributed by atoms with Crippen molar-refractivity contribution in [2.45, 2.75) is 37.8 Å². The zero-order valence-corrected chi connectivity index (χ0v) is 13.0. The molecule has 2 rings (SSSR count). The minimum absolute atomic E-state index is 0. The van der Waals surface area contributed by atoms with Crippen molar-refractivity contribution in [3.8, 4) is 0 Å². The van der Waals surface area contributed by atoms with Gasteiger partial charge in [0.25, 0.3) is 0 Å². The Balaban J connectivity index is 0.00000112. The SMILES string of the molecule is FC1(CN2CCCCC2)CC[N-]CC1.[K+]. The van der Waals surface area contributed by atoms with E-state index < -0.39 is 5.67 Å². The van der Waals surface area contributed by atoms with Gasteiger partial charge in [-0.2, -0.15) is 0 Å². The predicted octanol–water partition coefficient (Wildman–Crippen LogP) is -0.648. The molecular formula is C11H20FKN2. The molecule has 0 N–H and O–H groups in total. The van der Waals surface area contributed by atoms with E-state index in [1.165, 1.54) is 19.3 Å². The van der Waals surface area contributed by atoms with E-state index in [0.29, 0.717) is 19.4 Å². The molecule has 82 valence electrons. The molecule has 0 aliphatic carbocycles. The third-order valence-corrected chi connectivity index (χ3v) is 3.39. The summed E-state index contributed by atoms with van der Waals surface area (Å²) < 4.78 is 14.3. The quantitative estimate of drug-likeness (QED) is 0.585. The van der Waals surface area contributed by atoms with E-state index in [4.69, 9.17) is 0 Å². The van der Waals surface area contributed by atoms with Crippen LogP contribution in [0.25, 0.3) is 5.32 Å². The fraction of sp³-hybridized carbons (Fsp3) is 1.00. The van der Waals surface area contributed by atoms with Gasteiger partial charge in [-0.05, 0) is 38.8 Å². The molecule has 0 atom stereocenters. The van der Waals surface area contributed by atoms with Crippen molar-refractivity contribution in [1.29, 1.82) is 0 Å². The number of piperidine rings is 2. The summed E-state index contributed by atoms with van der Waals surface area (Å²) >= 11 is 0. The number of hydrogen-bond acceptors (Lipinski definition) is 1. The monoisotopic (exact) mass is 238 g/mol. The third-order valence-electron chi connectivity index (χ3n) is 3.39. The average molecular weight is 238 g/mol. The molecule has 0 spiro atoms. The van der Waals surface area contributed by atoms with E-state index in [0.717, 1.165) is 26.2 Å². The van der Waals surface area contributed by atoms with Gasteiger partial charge in [0.05, 0.1) is 0 Å². The molecule has 4 heteroatoms. The molecule has 2 heterocycles. The second-order valence-corrected chi connectivity index (χ2v) is 4.66. The maximum Gasteiger partial charge on any atom is 1.00 e. The van der Waals surface area contributed by atoms with E-state index in [1.807, 2.05) is 0 Å². The largest absolute Gasteiger partial charge is 1.00 e. The summed E-state index contributed by atoms with van der Waals surface area (Å²) in [7, 11) is 0. The Bertz CT molecular complexity index is 177. The van der Waals surface area contributed by atoms with Gasteiger partial charge in [-0.15, -0.1) is 13.1 Å². The van der Waals surface area contributed by atoms with E-state index in [-0.39, 0.29) is 51.4 Å². The van der Waals surface area contributed by atoms with Crippen LogP contribution in [0.2, 0.25) is 0 Å². The second-order valence-electron chi connectivity index (χ2n) is 4.66. The molecule has 0 bridgehead atoms.